The fourth-order valence-corrected chi connectivity index (χ4v) is 8.58. The first-order valence-corrected chi connectivity index (χ1v) is 11.6. The molecule has 0 aliphatic heterocycles. The lowest BCUT2D eigenvalue weighted by atomic mass is 10.2. The maximum absolute atomic E-state index is 4.85. The van der Waals surface area contributed by atoms with Gasteiger partial charge in [0.25, 0.3) is 0 Å². The monoisotopic (exact) mass is 390 g/mol. The van der Waals surface area contributed by atoms with Crippen LogP contribution in [0, 0.1) is 0 Å². The molecule has 0 aliphatic carbocycles. The average Bonchev–Trinajstić information content (AvgIpc) is 2.82. The maximum atomic E-state index is 4.85. The Morgan fingerprint density at radius 1 is 0.448 bits per heavy atom. The van der Waals surface area contributed by atoms with Crippen LogP contribution in [0.25, 0.3) is 10.9 Å². The van der Waals surface area contributed by atoms with Crippen molar-refractivity contribution in [3.05, 3.63) is 128 Å². The molecule has 0 aliphatic rings. The van der Waals surface area contributed by atoms with Gasteiger partial charge in [0.15, 0.2) is 0 Å². The molecule has 0 saturated heterocycles. The first-order valence-electron chi connectivity index (χ1n) is 9.81. The van der Waals surface area contributed by atoms with Crippen LogP contribution in [0.2, 0.25) is 0 Å². The second-order valence-electron chi connectivity index (χ2n) is 7.03. The van der Waals surface area contributed by atoms with Crippen molar-refractivity contribution in [2.45, 2.75) is 0 Å². The summed E-state index contributed by atoms with van der Waals surface area (Å²) in [5, 5.41) is 6.51. The van der Waals surface area contributed by atoms with Crippen LogP contribution in [0.5, 0.6) is 0 Å². The van der Waals surface area contributed by atoms with Crippen LogP contribution in [0.4, 0.5) is 0 Å². The fourth-order valence-electron chi connectivity index (χ4n) is 4.18. The van der Waals surface area contributed by atoms with Gasteiger partial charge >= 0.3 is 0 Å². The summed E-state index contributed by atoms with van der Waals surface area (Å²) in [6.07, 6.45) is 1.90. The third kappa shape index (κ3) is 2.95. The zero-order valence-electron chi connectivity index (χ0n) is 16.0. The van der Waals surface area contributed by atoms with Crippen LogP contribution in [-0.4, -0.2) is 4.98 Å². The molecule has 0 unspecified atom stereocenters. The molecular formula is C27H21NP+. The van der Waals surface area contributed by atoms with Gasteiger partial charge in [-0.25, -0.2) is 0 Å². The smallest absolute Gasteiger partial charge is 0.146 e. The van der Waals surface area contributed by atoms with E-state index in [0.717, 1.165) is 5.52 Å². The van der Waals surface area contributed by atoms with Crippen molar-refractivity contribution >= 4 is 39.4 Å². The van der Waals surface area contributed by atoms with E-state index in [0.29, 0.717) is 0 Å². The first-order chi connectivity index (χ1) is 14.4. The summed E-state index contributed by atoms with van der Waals surface area (Å²) in [7, 11) is -2.11. The lowest BCUT2D eigenvalue weighted by molar-refractivity contribution is 1.42. The van der Waals surface area contributed by atoms with E-state index in [1.54, 1.807) is 0 Å². The molecule has 0 amide bonds. The predicted octanol–water partition coefficient (Wildman–Crippen LogP) is 4.85. The highest BCUT2D eigenvalue weighted by molar-refractivity contribution is 8.01. The first kappa shape index (κ1) is 17.8. The molecule has 2 heteroatoms. The number of aromatic nitrogens is 1. The Kier molecular flexibility index (Phi) is 4.68. The number of hydrogen-bond acceptors (Lipinski definition) is 1. The Balaban J connectivity index is 1.99. The summed E-state index contributed by atoms with van der Waals surface area (Å²) < 4.78 is 0. The molecule has 0 bridgehead atoms. The molecule has 0 radical (unpaired) electrons. The zero-order valence-corrected chi connectivity index (χ0v) is 16.9. The lowest BCUT2D eigenvalue weighted by Gasteiger charge is -2.28. The Morgan fingerprint density at radius 2 is 0.931 bits per heavy atom. The van der Waals surface area contributed by atoms with Crippen molar-refractivity contribution in [2.24, 2.45) is 0 Å². The van der Waals surface area contributed by atoms with E-state index in [2.05, 4.69) is 115 Å². The van der Waals surface area contributed by atoms with Crippen molar-refractivity contribution in [1.82, 2.24) is 4.98 Å². The standard InChI is InChI=1S/C27H21NP/c1-4-14-23(15-5-1)29(24-16-6-2-7-17-24,25-18-8-3-9-19-25)26-20-10-12-22-13-11-21-28-27(22)26/h1-21H/q+1. The number of nitrogens with zero attached hydrogens (tertiary/aromatic N) is 1. The summed E-state index contributed by atoms with van der Waals surface area (Å²) in [6, 6.07) is 43.6. The van der Waals surface area contributed by atoms with Crippen LogP contribution < -0.4 is 21.2 Å². The average molecular weight is 390 g/mol. The molecule has 0 saturated carbocycles. The van der Waals surface area contributed by atoms with Gasteiger partial charge in [0.1, 0.15) is 34.0 Å². The highest BCUT2D eigenvalue weighted by Crippen LogP contribution is 2.55. The Hall–Kier alpha value is -3.28. The van der Waals surface area contributed by atoms with Crippen LogP contribution in [-0.2, 0) is 0 Å². The van der Waals surface area contributed by atoms with Gasteiger partial charge < -0.3 is 0 Å². The van der Waals surface area contributed by atoms with Crippen molar-refractivity contribution in [1.29, 1.82) is 0 Å². The van der Waals surface area contributed by atoms with Crippen molar-refractivity contribution < 1.29 is 0 Å². The third-order valence-electron chi connectivity index (χ3n) is 5.40. The minimum Gasteiger partial charge on any atom is -0.252 e. The normalized spacial score (nSPS) is 11.4. The van der Waals surface area contributed by atoms with E-state index in [1.165, 1.54) is 26.6 Å². The van der Waals surface area contributed by atoms with Gasteiger partial charge in [-0.2, -0.15) is 0 Å². The molecular weight excluding hydrogens is 369 g/mol. The molecule has 0 N–H and O–H groups in total. The summed E-state index contributed by atoms with van der Waals surface area (Å²) in [5.41, 5.74) is 1.08. The summed E-state index contributed by atoms with van der Waals surface area (Å²) in [4.78, 5) is 4.85. The molecule has 0 spiro atoms. The van der Waals surface area contributed by atoms with E-state index in [-0.39, 0.29) is 0 Å². The quantitative estimate of drug-likeness (QED) is 0.400. The Labute approximate surface area is 172 Å². The van der Waals surface area contributed by atoms with Crippen LogP contribution >= 0.6 is 7.26 Å². The summed E-state index contributed by atoms with van der Waals surface area (Å²) in [6.45, 7) is 0. The van der Waals surface area contributed by atoms with E-state index in [9.17, 15) is 0 Å². The second kappa shape index (κ2) is 7.62. The summed E-state index contributed by atoms with van der Waals surface area (Å²) in [5.74, 6) is 0. The highest BCUT2D eigenvalue weighted by atomic mass is 31.2. The minimum atomic E-state index is -2.11. The number of pyridine rings is 1. The topological polar surface area (TPSA) is 12.9 Å². The van der Waals surface area contributed by atoms with Gasteiger partial charge in [-0.15, -0.1) is 0 Å². The van der Waals surface area contributed by atoms with Gasteiger partial charge in [-0.05, 0) is 48.5 Å². The van der Waals surface area contributed by atoms with Crippen molar-refractivity contribution in [2.75, 3.05) is 0 Å². The second-order valence-corrected chi connectivity index (χ2v) is 10.4. The van der Waals surface area contributed by atoms with Crippen molar-refractivity contribution in [3.8, 4) is 0 Å². The van der Waals surface area contributed by atoms with Crippen molar-refractivity contribution in [3.63, 3.8) is 0 Å². The number of hydrogen-bond donors (Lipinski definition) is 0. The predicted molar refractivity (Wildman–Crippen MR) is 127 cm³/mol. The van der Waals surface area contributed by atoms with Crippen LogP contribution in [0.3, 0.4) is 0 Å². The van der Waals surface area contributed by atoms with Gasteiger partial charge in [-0.3, -0.25) is 4.98 Å². The third-order valence-corrected chi connectivity index (χ3v) is 9.71. The number of fused-ring (bicyclic) bond motifs is 1. The highest BCUT2D eigenvalue weighted by Gasteiger charge is 2.49. The molecule has 1 heterocycles. The van der Waals surface area contributed by atoms with Crippen LogP contribution in [0.1, 0.15) is 0 Å². The van der Waals surface area contributed by atoms with Crippen LogP contribution in [0.15, 0.2) is 128 Å². The molecule has 1 nitrogen and oxygen atoms in total. The molecule has 5 aromatic rings. The van der Waals surface area contributed by atoms with Gasteiger partial charge in [0.2, 0.25) is 0 Å². The van der Waals surface area contributed by atoms with E-state index in [1.807, 2.05) is 12.3 Å². The largest absolute Gasteiger partial charge is 0.252 e. The zero-order chi connectivity index (χ0) is 19.5. The number of rotatable bonds is 4. The van der Waals surface area contributed by atoms with E-state index in [4.69, 9.17) is 4.98 Å². The summed E-state index contributed by atoms with van der Waals surface area (Å²) >= 11 is 0. The fraction of sp³-hybridized carbons (Fsp3) is 0. The lowest BCUT2D eigenvalue weighted by Crippen LogP contribution is -2.39. The molecule has 29 heavy (non-hydrogen) atoms. The van der Waals surface area contributed by atoms with Gasteiger partial charge in [0, 0.05) is 11.6 Å². The van der Waals surface area contributed by atoms with Gasteiger partial charge in [-0.1, -0.05) is 72.8 Å². The van der Waals surface area contributed by atoms with Gasteiger partial charge in [0.05, 0.1) is 0 Å². The molecule has 5 rings (SSSR count). The SMILES string of the molecule is c1ccc([P+](c2ccccc2)(c2ccccc2)c2cccc3cccnc23)cc1. The molecule has 4 aromatic carbocycles. The minimum absolute atomic E-state index is 1.08. The molecule has 1 aromatic heterocycles. The Morgan fingerprint density at radius 3 is 1.45 bits per heavy atom. The molecule has 0 atom stereocenters. The molecule has 138 valence electrons. The molecule has 0 fully saturated rings. The Bertz CT molecular complexity index is 1130. The van der Waals surface area contributed by atoms with E-state index >= 15 is 0 Å². The number of para-hydroxylation sites is 1. The van der Waals surface area contributed by atoms with E-state index < -0.39 is 7.26 Å². The number of benzene rings is 4. The maximum Gasteiger partial charge on any atom is 0.146 e.